The summed E-state index contributed by atoms with van der Waals surface area (Å²) < 4.78 is 0.723. The van der Waals surface area contributed by atoms with Crippen LogP contribution in [0.3, 0.4) is 0 Å². The lowest BCUT2D eigenvalue weighted by molar-refractivity contribution is 0.0926. The van der Waals surface area contributed by atoms with Crippen LogP contribution in [0.25, 0.3) is 0 Å². The van der Waals surface area contributed by atoms with Crippen LogP contribution in [0.1, 0.15) is 26.3 Å². The first-order chi connectivity index (χ1) is 9.09. The van der Waals surface area contributed by atoms with Crippen molar-refractivity contribution in [2.24, 2.45) is 0 Å². The highest BCUT2D eigenvalue weighted by molar-refractivity contribution is 9.10. The molecule has 2 aromatic rings. The monoisotopic (exact) mass is 315 g/mol. The molecule has 0 fully saturated rings. The first-order valence-electron chi connectivity index (χ1n) is 5.83. The molecule has 2 aromatic carbocycles. The zero-order valence-corrected chi connectivity index (χ0v) is 11.8. The molecule has 0 bridgehead atoms. The van der Waals surface area contributed by atoms with Gasteiger partial charge in [-0.1, -0.05) is 23.8 Å². The van der Waals surface area contributed by atoms with E-state index >= 15 is 0 Å². The van der Waals surface area contributed by atoms with Crippen LogP contribution in [-0.4, -0.2) is 11.8 Å². The van der Waals surface area contributed by atoms with Crippen LogP contribution in [0, 0.1) is 6.92 Å². The van der Waals surface area contributed by atoms with E-state index in [0.29, 0.717) is 16.8 Å². The van der Waals surface area contributed by atoms with Gasteiger partial charge in [0.1, 0.15) is 0 Å². The fourth-order valence-electron chi connectivity index (χ4n) is 2.21. The molecule has 0 aromatic heterocycles. The molecule has 94 valence electrons. The number of nitrogens with zero attached hydrogens (tertiary/aromatic N) is 1. The summed E-state index contributed by atoms with van der Waals surface area (Å²) in [5.74, 6) is -0.539. The molecular formula is C15H10BrNO2. The Labute approximate surface area is 119 Å². The van der Waals surface area contributed by atoms with E-state index in [1.165, 1.54) is 4.90 Å². The van der Waals surface area contributed by atoms with Gasteiger partial charge in [-0.05, 0) is 47.1 Å². The van der Waals surface area contributed by atoms with E-state index in [1.807, 2.05) is 25.1 Å². The lowest BCUT2D eigenvalue weighted by atomic mass is 10.1. The summed E-state index contributed by atoms with van der Waals surface area (Å²) in [5.41, 5.74) is 2.48. The number of carbonyl (C=O) groups excluding carboxylic acids is 2. The normalized spacial score (nSPS) is 13.9. The summed E-state index contributed by atoms with van der Waals surface area (Å²) >= 11 is 3.37. The average molecular weight is 316 g/mol. The smallest absolute Gasteiger partial charge is 0.266 e. The second kappa shape index (κ2) is 4.31. The zero-order valence-electron chi connectivity index (χ0n) is 10.2. The van der Waals surface area contributed by atoms with Gasteiger partial charge in [-0.3, -0.25) is 9.59 Å². The lowest BCUT2D eigenvalue weighted by Gasteiger charge is -2.15. The summed E-state index contributed by atoms with van der Waals surface area (Å²) in [5, 5.41) is 0. The Morgan fingerprint density at radius 3 is 2.37 bits per heavy atom. The first kappa shape index (κ1) is 12.1. The topological polar surface area (TPSA) is 37.4 Å². The van der Waals surface area contributed by atoms with E-state index in [-0.39, 0.29) is 11.8 Å². The maximum Gasteiger partial charge on any atom is 0.266 e. The van der Waals surface area contributed by atoms with Gasteiger partial charge in [0.05, 0.1) is 16.8 Å². The second-order valence-electron chi connectivity index (χ2n) is 4.45. The number of benzene rings is 2. The number of amides is 2. The van der Waals surface area contributed by atoms with Gasteiger partial charge in [0, 0.05) is 4.47 Å². The molecule has 3 nitrogen and oxygen atoms in total. The average Bonchev–Trinajstić information content (AvgIpc) is 2.63. The molecular weight excluding hydrogens is 306 g/mol. The van der Waals surface area contributed by atoms with E-state index in [4.69, 9.17) is 0 Å². The van der Waals surface area contributed by atoms with Crippen LogP contribution in [0.2, 0.25) is 0 Å². The molecule has 1 heterocycles. The molecule has 0 spiro atoms. The Bertz CT molecular complexity index is 709. The standard InChI is InChI=1S/C15H10BrNO2/c1-9-6-7-10-11(8-9)15(19)17(14(10)18)13-5-3-2-4-12(13)16/h2-8H,1H3. The minimum absolute atomic E-state index is 0.268. The molecule has 1 aliphatic heterocycles. The van der Waals surface area contributed by atoms with E-state index in [1.54, 1.807) is 24.3 Å². The minimum atomic E-state index is -0.271. The Morgan fingerprint density at radius 2 is 1.63 bits per heavy atom. The van der Waals surface area contributed by atoms with Crippen LogP contribution < -0.4 is 4.90 Å². The summed E-state index contributed by atoms with van der Waals surface area (Å²) in [7, 11) is 0. The molecule has 0 saturated heterocycles. The zero-order chi connectivity index (χ0) is 13.6. The van der Waals surface area contributed by atoms with Gasteiger partial charge in [-0.15, -0.1) is 0 Å². The fourth-order valence-corrected chi connectivity index (χ4v) is 2.67. The van der Waals surface area contributed by atoms with Crippen LogP contribution in [0.4, 0.5) is 5.69 Å². The molecule has 4 heteroatoms. The maximum atomic E-state index is 12.4. The van der Waals surface area contributed by atoms with Crippen molar-refractivity contribution in [3.63, 3.8) is 0 Å². The number of rotatable bonds is 1. The van der Waals surface area contributed by atoms with Crippen molar-refractivity contribution in [3.05, 3.63) is 63.6 Å². The molecule has 19 heavy (non-hydrogen) atoms. The Kier molecular flexibility index (Phi) is 2.75. The van der Waals surface area contributed by atoms with Crippen molar-refractivity contribution in [2.45, 2.75) is 6.92 Å². The molecule has 0 radical (unpaired) electrons. The summed E-state index contributed by atoms with van der Waals surface area (Å²) in [6, 6.07) is 12.5. The van der Waals surface area contributed by atoms with Crippen LogP contribution in [-0.2, 0) is 0 Å². The summed E-state index contributed by atoms with van der Waals surface area (Å²) in [6.07, 6.45) is 0. The number of carbonyl (C=O) groups is 2. The van der Waals surface area contributed by atoms with Gasteiger partial charge >= 0.3 is 0 Å². The highest BCUT2D eigenvalue weighted by atomic mass is 79.9. The molecule has 2 amide bonds. The van der Waals surface area contributed by atoms with Gasteiger partial charge in [0.15, 0.2) is 0 Å². The third-order valence-corrected chi connectivity index (χ3v) is 3.81. The van der Waals surface area contributed by atoms with Gasteiger partial charge < -0.3 is 0 Å². The molecule has 3 rings (SSSR count). The summed E-state index contributed by atoms with van der Waals surface area (Å²) in [6.45, 7) is 1.90. The van der Waals surface area contributed by atoms with Gasteiger partial charge in [-0.25, -0.2) is 4.90 Å². The van der Waals surface area contributed by atoms with Crippen LogP contribution in [0.15, 0.2) is 46.9 Å². The Balaban J connectivity index is 2.16. The Morgan fingerprint density at radius 1 is 0.947 bits per heavy atom. The molecule has 0 atom stereocenters. The molecule has 0 saturated carbocycles. The van der Waals surface area contributed by atoms with Gasteiger partial charge in [0.2, 0.25) is 0 Å². The summed E-state index contributed by atoms with van der Waals surface area (Å²) in [4.78, 5) is 26.0. The van der Waals surface area contributed by atoms with E-state index in [2.05, 4.69) is 15.9 Å². The maximum absolute atomic E-state index is 12.4. The SMILES string of the molecule is Cc1ccc2c(c1)C(=O)N(c1ccccc1Br)C2=O. The third kappa shape index (κ3) is 1.79. The fraction of sp³-hybridized carbons (Fsp3) is 0.0667. The number of fused-ring (bicyclic) bond motifs is 1. The quantitative estimate of drug-likeness (QED) is 0.755. The first-order valence-corrected chi connectivity index (χ1v) is 6.63. The molecule has 0 aliphatic carbocycles. The predicted molar refractivity (Wildman–Crippen MR) is 76.5 cm³/mol. The van der Waals surface area contributed by atoms with Gasteiger partial charge in [0.25, 0.3) is 11.8 Å². The predicted octanol–water partition coefficient (Wildman–Crippen LogP) is 3.56. The highest BCUT2D eigenvalue weighted by Gasteiger charge is 2.37. The number of imide groups is 1. The highest BCUT2D eigenvalue weighted by Crippen LogP contribution is 2.33. The number of anilines is 1. The van der Waals surface area contributed by atoms with E-state index in [0.717, 1.165) is 10.0 Å². The Hall–Kier alpha value is -1.94. The van der Waals surface area contributed by atoms with Crippen molar-refractivity contribution in [1.82, 2.24) is 0 Å². The van der Waals surface area contributed by atoms with Crippen molar-refractivity contribution in [3.8, 4) is 0 Å². The molecule has 0 N–H and O–H groups in total. The van der Waals surface area contributed by atoms with Crippen LogP contribution >= 0.6 is 15.9 Å². The lowest BCUT2D eigenvalue weighted by Crippen LogP contribution is -2.29. The van der Waals surface area contributed by atoms with E-state index in [9.17, 15) is 9.59 Å². The largest absolute Gasteiger partial charge is 0.268 e. The molecule has 1 aliphatic rings. The number of aryl methyl sites for hydroxylation is 1. The number of hydrogen-bond acceptors (Lipinski definition) is 2. The van der Waals surface area contributed by atoms with Crippen LogP contribution in [0.5, 0.6) is 0 Å². The van der Waals surface area contributed by atoms with Gasteiger partial charge in [-0.2, -0.15) is 0 Å². The second-order valence-corrected chi connectivity index (χ2v) is 5.30. The third-order valence-electron chi connectivity index (χ3n) is 3.14. The van der Waals surface area contributed by atoms with Crippen molar-refractivity contribution in [1.29, 1.82) is 0 Å². The van der Waals surface area contributed by atoms with Crippen molar-refractivity contribution >= 4 is 33.4 Å². The number of halogens is 1. The molecule has 0 unspecified atom stereocenters. The number of hydrogen-bond donors (Lipinski definition) is 0. The van der Waals surface area contributed by atoms with Crippen molar-refractivity contribution in [2.75, 3.05) is 4.90 Å². The van der Waals surface area contributed by atoms with Crippen molar-refractivity contribution < 1.29 is 9.59 Å². The number of para-hydroxylation sites is 1. The van der Waals surface area contributed by atoms with E-state index < -0.39 is 0 Å². The minimum Gasteiger partial charge on any atom is -0.268 e.